The second-order valence-electron chi connectivity index (χ2n) is 8.76. The number of allylic oxidation sites excluding steroid dienone is 4. The van der Waals surface area contributed by atoms with Crippen LogP contribution in [0.2, 0.25) is 0 Å². The number of alkyl halides is 3. The van der Waals surface area contributed by atoms with E-state index >= 15 is 0 Å². The van der Waals surface area contributed by atoms with Gasteiger partial charge in [-0.3, -0.25) is 4.68 Å². The zero-order chi connectivity index (χ0) is 26.2. The summed E-state index contributed by atoms with van der Waals surface area (Å²) in [4.78, 5) is 0. The average Bonchev–Trinajstić information content (AvgIpc) is 3.43. The van der Waals surface area contributed by atoms with Crippen LogP contribution in [0, 0.1) is 0 Å². The molecular formula is C27H40F3N5. The van der Waals surface area contributed by atoms with Gasteiger partial charge in [0.05, 0.1) is 5.69 Å². The molecule has 1 atom stereocenters. The topological polar surface area (TPSA) is 48.5 Å². The lowest BCUT2D eigenvalue weighted by Crippen LogP contribution is -2.18. The molecule has 0 spiro atoms. The number of hydrogen-bond donors (Lipinski definition) is 0. The van der Waals surface area contributed by atoms with Crippen molar-refractivity contribution >= 4 is 5.57 Å². The number of nitrogens with zero attached hydrogens (tertiary/aromatic N) is 5. The molecule has 1 unspecified atom stereocenters. The van der Waals surface area contributed by atoms with Gasteiger partial charge in [-0.2, -0.15) is 18.3 Å². The lowest BCUT2D eigenvalue weighted by molar-refractivity contribution is -0.0929. The van der Waals surface area contributed by atoms with E-state index in [0.29, 0.717) is 30.8 Å². The molecule has 0 aliphatic carbocycles. The smallest absolute Gasteiger partial charge is 0.306 e. The van der Waals surface area contributed by atoms with Gasteiger partial charge < -0.3 is 4.57 Å². The van der Waals surface area contributed by atoms with Crippen molar-refractivity contribution in [1.29, 1.82) is 0 Å². The maximum absolute atomic E-state index is 13.6. The maximum atomic E-state index is 13.6. The van der Waals surface area contributed by atoms with Gasteiger partial charge in [0.25, 0.3) is 0 Å². The first kappa shape index (κ1) is 28.6. The molecule has 194 valence electrons. The summed E-state index contributed by atoms with van der Waals surface area (Å²) >= 11 is 0. The Morgan fingerprint density at radius 1 is 1.09 bits per heavy atom. The van der Waals surface area contributed by atoms with Gasteiger partial charge in [-0.15, -0.1) is 23.4 Å². The molecule has 2 aromatic heterocycles. The van der Waals surface area contributed by atoms with E-state index in [1.807, 2.05) is 17.6 Å². The summed E-state index contributed by atoms with van der Waals surface area (Å²) < 4.78 is 44.9. The highest BCUT2D eigenvalue weighted by atomic mass is 19.4. The van der Waals surface area contributed by atoms with Gasteiger partial charge in [0.2, 0.25) is 0 Å². The lowest BCUT2D eigenvalue weighted by Gasteiger charge is -2.21. The quantitative estimate of drug-likeness (QED) is 0.317. The van der Waals surface area contributed by atoms with Crippen molar-refractivity contribution in [3.05, 3.63) is 48.0 Å². The molecule has 0 N–H and O–H groups in total. The number of halogens is 3. The molecule has 1 aliphatic rings. The molecule has 0 saturated carbocycles. The fourth-order valence-electron chi connectivity index (χ4n) is 4.62. The lowest BCUT2D eigenvalue weighted by atomic mass is 10.00. The third-order valence-corrected chi connectivity index (χ3v) is 6.30. The summed E-state index contributed by atoms with van der Waals surface area (Å²) in [6.07, 6.45) is 4.42. The number of hydrogen-bond acceptors (Lipinski definition) is 3. The molecule has 0 saturated heterocycles. The van der Waals surface area contributed by atoms with Gasteiger partial charge >= 0.3 is 6.18 Å². The highest BCUT2D eigenvalue weighted by molar-refractivity contribution is 5.67. The monoisotopic (exact) mass is 491 g/mol. The van der Waals surface area contributed by atoms with Gasteiger partial charge in [-0.1, -0.05) is 52.7 Å². The van der Waals surface area contributed by atoms with E-state index < -0.39 is 11.7 Å². The Bertz CT molecular complexity index is 1030. The van der Waals surface area contributed by atoms with Gasteiger partial charge in [-0.25, -0.2) is 0 Å². The molecule has 35 heavy (non-hydrogen) atoms. The normalized spacial score (nSPS) is 14.7. The molecule has 1 aliphatic heterocycles. The number of aromatic nitrogens is 5. The van der Waals surface area contributed by atoms with Crippen LogP contribution >= 0.6 is 0 Å². The fourth-order valence-corrected chi connectivity index (χ4v) is 4.62. The molecule has 0 bridgehead atoms. The zero-order valence-corrected chi connectivity index (χ0v) is 21.9. The van der Waals surface area contributed by atoms with E-state index in [4.69, 9.17) is 5.10 Å². The Hall–Kier alpha value is -2.64. The first-order valence-electron chi connectivity index (χ1n) is 12.8. The predicted molar refractivity (Wildman–Crippen MR) is 137 cm³/mol. The molecule has 5 nitrogen and oxygen atoms in total. The van der Waals surface area contributed by atoms with E-state index in [1.54, 1.807) is 6.92 Å². The van der Waals surface area contributed by atoms with Crippen molar-refractivity contribution in [2.75, 3.05) is 0 Å². The largest absolute Gasteiger partial charge is 0.412 e. The van der Waals surface area contributed by atoms with Crippen LogP contribution < -0.4 is 0 Å². The second-order valence-corrected chi connectivity index (χ2v) is 8.76. The number of rotatable bonds is 10. The zero-order valence-electron chi connectivity index (χ0n) is 21.9. The molecule has 0 radical (unpaired) electrons. The second kappa shape index (κ2) is 12.9. The molecule has 0 amide bonds. The van der Waals surface area contributed by atoms with Crippen molar-refractivity contribution in [3.8, 4) is 11.5 Å². The third-order valence-electron chi connectivity index (χ3n) is 6.30. The molecule has 3 rings (SSSR count). The maximum Gasteiger partial charge on any atom is 0.412 e. The standard InChI is InChI=1S/C25H36F3N5.C2H4/c1-6-10-13-17(5)33-22-20(21(9-4)31-33)14-15-32-23(29-30-24(22)32)18(11-7-2)16-19(12-8-3)25(26,27)28;1-2/h11-12,17H,6-10,13-16H2,1-5H3;1-2H2/b18-11+,19-12+;. The summed E-state index contributed by atoms with van der Waals surface area (Å²) in [5, 5.41) is 13.8. The van der Waals surface area contributed by atoms with E-state index in [2.05, 4.69) is 48.8 Å². The Morgan fingerprint density at radius 2 is 1.77 bits per heavy atom. The molecule has 0 aromatic carbocycles. The van der Waals surface area contributed by atoms with Crippen molar-refractivity contribution in [1.82, 2.24) is 24.5 Å². The molecular weight excluding hydrogens is 451 g/mol. The van der Waals surface area contributed by atoms with Crippen molar-refractivity contribution < 1.29 is 13.2 Å². The molecule has 0 fully saturated rings. The van der Waals surface area contributed by atoms with Crippen molar-refractivity contribution in [2.24, 2.45) is 0 Å². The van der Waals surface area contributed by atoms with Crippen LogP contribution in [0.3, 0.4) is 0 Å². The average molecular weight is 492 g/mol. The third kappa shape index (κ3) is 6.33. The van der Waals surface area contributed by atoms with E-state index in [0.717, 1.165) is 49.3 Å². The van der Waals surface area contributed by atoms with Crippen molar-refractivity contribution in [3.63, 3.8) is 0 Å². The predicted octanol–water partition coefficient (Wildman–Crippen LogP) is 7.90. The Labute approximate surface area is 207 Å². The van der Waals surface area contributed by atoms with Crippen LogP contribution in [0.1, 0.15) is 96.3 Å². The minimum atomic E-state index is -4.36. The Morgan fingerprint density at radius 3 is 2.34 bits per heavy atom. The van der Waals surface area contributed by atoms with Crippen LogP contribution in [-0.2, 0) is 19.4 Å². The number of aryl methyl sites for hydroxylation is 1. The molecule has 2 aromatic rings. The Balaban J connectivity index is 0.00000210. The van der Waals surface area contributed by atoms with Crippen LogP contribution in [-0.4, -0.2) is 30.7 Å². The van der Waals surface area contributed by atoms with Gasteiger partial charge in [0.1, 0.15) is 5.69 Å². The van der Waals surface area contributed by atoms with Crippen LogP contribution in [0.25, 0.3) is 17.1 Å². The van der Waals surface area contributed by atoms with Gasteiger partial charge in [0.15, 0.2) is 11.6 Å². The summed E-state index contributed by atoms with van der Waals surface area (Å²) in [7, 11) is 0. The highest BCUT2D eigenvalue weighted by Crippen LogP contribution is 2.38. The fraction of sp³-hybridized carbons (Fsp3) is 0.593. The minimum absolute atomic E-state index is 0.192. The van der Waals surface area contributed by atoms with Crippen LogP contribution in [0.5, 0.6) is 0 Å². The van der Waals surface area contributed by atoms with E-state index in [1.165, 1.54) is 11.6 Å². The summed E-state index contributed by atoms with van der Waals surface area (Å²) in [5.74, 6) is 1.26. The summed E-state index contributed by atoms with van der Waals surface area (Å²) in [6.45, 7) is 16.8. The van der Waals surface area contributed by atoms with Gasteiger partial charge in [-0.05, 0) is 44.6 Å². The van der Waals surface area contributed by atoms with E-state index in [9.17, 15) is 13.2 Å². The Kier molecular flexibility index (Phi) is 10.5. The van der Waals surface area contributed by atoms with Crippen LogP contribution in [0.15, 0.2) is 30.9 Å². The summed E-state index contributed by atoms with van der Waals surface area (Å²) in [6, 6.07) is 0.223. The minimum Gasteiger partial charge on any atom is -0.306 e. The number of unbranched alkanes of at least 4 members (excludes halogenated alkanes) is 1. The SMILES string of the molecule is C=C.CC/C=C(\C/C(=C\CC)C(F)(F)F)c1nnc2n1CCc1c(CC)nn(C(C)CCCC)c1-2. The summed E-state index contributed by atoms with van der Waals surface area (Å²) in [5.41, 5.74) is 3.33. The molecule has 3 heterocycles. The van der Waals surface area contributed by atoms with Crippen molar-refractivity contribution in [2.45, 2.75) is 105 Å². The van der Waals surface area contributed by atoms with E-state index in [-0.39, 0.29) is 12.5 Å². The molecule has 8 heteroatoms. The highest BCUT2D eigenvalue weighted by Gasteiger charge is 2.35. The number of fused-ring (bicyclic) bond motifs is 3. The van der Waals surface area contributed by atoms with Crippen LogP contribution in [0.4, 0.5) is 13.2 Å². The first-order valence-corrected chi connectivity index (χ1v) is 12.8. The first-order chi connectivity index (χ1) is 16.8. The van der Waals surface area contributed by atoms with Gasteiger partial charge in [0, 0.05) is 30.1 Å².